The number of ether oxygens (including phenoxy) is 4. The summed E-state index contributed by atoms with van der Waals surface area (Å²) in [6.07, 6.45) is -3.86. The quantitative estimate of drug-likeness (QED) is 0.488. The molecular formula is C18H22O9. The van der Waals surface area contributed by atoms with Crippen LogP contribution in [0.4, 0.5) is 0 Å². The second-order valence-electron chi connectivity index (χ2n) is 5.96. The number of hydrogen-bond donors (Lipinski definition) is 3. The Labute approximate surface area is 155 Å². The summed E-state index contributed by atoms with van der Waals surface area (Å²) in [6.45, 7) is 2.62. The molecule has 5 atom stereocenters. The largest absolute Gasteiger partial charge is 0.504 e. The predicted octanol–water partition coefficient (Wildman–Crippen LogP) is 0.355. The third-order valence-electron chi connectivity index (χ3n) is 3.95. The van der Waals surface area contributed by atoms with Crippen LogP contribution in [0.5, 0.6) is 11.5 Å². The number of methoxy groups -OCH3 is 1. The van der Waals surface area contributed by atoms with E-state index in [-0.39, 0.29) is 11.5 Å². The van der Waals surface area contributed by atoms with E-state index in [1.807, 2.05) is 0 Å². The van der Waals surface area contributed by atoms with Gasteiger partial charge in [0.05, 0.1) is 13.2 Å². The Balaban J connectivity index is 2.10. The second kappa shape index (κ2) is 8.85. The van der Waals surface area contributed by atoms with E-state index in [1.165, 1.54) is 32.2 Å². The minimum atomic E-state index is -1.57. The minimum absolute atomic E-state index is 0.0490. The zero-order valence-electron chi connectivity index (χ0n) is 15.1. The number of esters is 2. The fourth-order valence-electron chi connectivity index (χ4n) is 2.59. The summed E-state index contributed by atoms with van der Waals surface area (Å²) in [7, 11) is 1.39. The van der Waals surface area contributed by atoms with Gasteiger partial charge in [0.1, 0.15) is 6.10 Å². The summed E-state index contributed by atoms with van der Waals surface area (Å²) in [6, 6.07) is 4.45. The predicted molar refractivity (Wildman–Crippen MR) is 91.7 cm³/mol. The highest BCUT2D eigenvalue weighted by molar-refractivity contribution is 5.87. The molecule has 1 heterocycles. The number of phenolic OH excluding ortho intramolecular Hbond substituents is 1. The van der Waals surface area contributed by atoms with Crippen LogP contribution >= 0.6 is 0 Å². The van der Waals surface area contributed by atoms with Gasteiger partial charge >= 0.3 is 11.9 Å². The highest BCUT2D eigenvalue weighted by atomic mass is 16.7. The molecule has 148 valence electrons. The van der Waals surface area contributed by atoms with Crippen molar-refractivity contribution in [3.05, 3.63) is 29.8 Å². The SMILES string of the molecule is COc1cc(C=CC(=O)OC2C(O)OC(C)C(O)C2OC(C)=O)ccc1O. The monoisotopic (exact) mass is 382 g/mol. The molecule has 0 spiro atoms. The highest BCUT2D eigenvalue weighted by Gasteiger charge is 2.47. The molecule has 0 radical (unpaired) electrons. The Morgan fingerprint density at radius 3 is 2.52 bits per heavy atom. The van der Waals surface area contributed by atoms with Crippen molar-refractivity contribution >= 4 is 18.0 Å². The van der Waals surface area contributed by atoms with E-state index in [0.29, 0.717) is 5.56 Å². The molecule has 1 aliphatic heterocycles. The first-order valence-corrected chi connectivity index (χ1v) is 8.17. The normalized spacial score (nSPS) is 28.0. The third kappa shape index (κ3) is 5.19. The Bertz CT molecular complexity index is 715. The van der Waals surface area contributed by atoms with E-state index in [1.54, 1.807) is 6.07 Å². The maximum atomic E-state index is 12.1. The van der Waals surface area contributed by atoms with Crippen molar-refractivity contribution in [1.82, 2.24) is 0 Å². The lowest BCUT2D eigenvalue weighted by atomic mass is 9.99. The van der Waals surface area contributed by atoms with Crippen LogP contribution in [0.2, 0.25) is 0 Å². The molecule has 1 saturated heterocycles. The average molecular weight is 382 g/mol. The van der Waals surface area contributed by atoms with Crippen molar-refractivity contribution < 1.29 is 43.9 Å². The van der Waals surface area contributed by atoms with Crippen LogP contribution in [0, 0.1) is 0 Å². The van der Waals surface area contributed by atoms with Gasteiger partial charge in [0.15, 0.2) is 30.0 Å². The highest BCUT2D eigenvalue weighted by Crippen LogP contribution is 2.27. The Morgan fingerprint density at radius 1 is 1.19 bits per heavy atom. The van der Waals surface area contributed by atoms with E-state index in [0.717, 1.165) is 13.0 Å². The van der Waals surface area contributed by atoms with Gasteiger partial charge in [0.25, 0.3) is 0 Å². The zero-order chi connectivity index (χ0) is 20.1. The van der Waals surface area contributed by atoms with Gasteiger partial charge in [-0.25, -0.2) is 4.79 Å². The molecule has 2 rings (SSSR count). The Morgan fingerprint density at radius 2 is 1.89 bits per heavy atom. The molecule has 1 aromatic rings. The maximum absolute atomic E-state index is 12.1. The summed E-state index contributed by atoms with van der Waals surface area (Å²) in [5.41, 5.74) is 0.548. The van der Waals surface area contributed by atoms with E-state index >= 15 is 0 Å². The molecule has 5 unspecified atom stereocenters. The number of aliphatic hydroxyl groups is 2. The Kier molecular flexibility index (Phi) is 6.78. The summed E-state index contributed by atoms with van der Waals surface area (Å²) in [4.78, 5) is 23.4. The number of aromatic hydroxyl groups is 1. The molecule has 1 aromatic carbocycles. The van der Waals surface area contributed by atoms with Crippen LogP contribution in [0.1, 0.15) is 19.4 Å². The van der Waals surface area contributed by atoms with E-state index in [9.17, 15) is 24.9 Å². The molecule has 1 fully saturated rings. The number of aliphatic hydroxyl groups excluding tert-OH is 2. The third-order valence-corrected chi connectivity index (χ3v) is 3.95. The first-order valence-electron chi connectivity index (χ1n) is 8.17. The molecule has 3 N–H and O–H groups in total. The Hall–Kier alpha value is -2.62. The second-order valence-corrected chi connectivity index (χ2v) is 5.96. The molecule has 9 heteroatoms. The van der Waals surface area contributed by atoms with Crippen molar-refractivity contribution in [2.24, 2.45) is 0 Å². The lowest BCUT2D eigenvalue weighted by Gasteiger charge is -2.40. The topological polar surface area (TPSA) is 132 Å². The number of hydrogen-bond acceptors (Lipinski definition) is 9. The van der Waals surface area contributed by atoms with Gasteiger partial charge in [-0.15, -0.1) is 0 Å². The molecule has 0 saturated carbocycles. The summed E-state index contributed by atoms with van der Waals surface area (Å²) >= 11 is 0. The van der Waals surface area contributed by atoms with E-state index in [2.05, 4.69) is 0 Å². The molecule has 0 aliphatic carbocycles. The van der Waals surface area contributed by atoms with Crippen molar-refractivity contribution in [3.63, 3.8) is 0 Å². The number of phenols is 1. The number of benzene rings is 1. The van der Waals surface area contributed by atoms with Crippen LogP contribution in [0.15, 0.2) is 24.3 Å². The molecule has 0 amide bonds. The van der Waals surface area contributed by atoms with Gasteiger partial charge < -0.3 is 34.3 Å². The number of rotatable bonds is 5. The fraction of sp³-hybridized carbons (Fsp3) is 0.444. The van der Waals surface area contributed by atoms with E-state index in [4.69, 9.17) is 18.9 Å². The lowest BCUT2D eigenvalue weighted by Crippen LogP contribution is -2.59. The fourth-order valence-corrected chi connectivity index (χ4v) is 2.59. The van der Waals surface area contributed by atoms with Gasteiger partial charge in [-0.1, -0.05) is 6.07 Å². The van der Waals surface area contributed by atoms with Crippen molar-refractivity contribution in [3.8, 4) is 11.5 Å². The van der Waals surface area contributed by atoms with Crippen LogP contribution in [-0.4, -0.2) is 65.1 Å². The van der Waals surface area contributed by atoms with Gasteiger partial charge in [-0.05, 0) is 30.7 Å². The molecule has 1 aliphatic rings. The summed E-state index contributed by atoms with van der Waals surface area (Å²) in [5, 5.41) is 29.7. The zero-order valence-corrected chi connectivity index (χ0v) is 15.1. The first kappa shape index (κ1) is 20.7. The summed E-state index contributed by atoms with van der Waals surface area (Å²) < 4.78 is 20.2. The molecule has 0 bridgehead atoms. The number of carbonyl (C=O) groups is 2. The van der Waals surface area contributed by atoms with Crippen molar-refractivity contribution in [2.45, 2.75) is 44.6 Å². The van der Waals surface area contributed by atoms with Gasteiger partial charge in [-0.2, -0.15) is 0 Å². The van der Waals surface area contributed by atoms with Crippen molar-refractivity contribution in [1.29, 1.82) is 0 Å². The minimum Gasteiger partial charge on any atom is -0.504 e. The van der Waals surface area contributed by atoms with Gasteiger partial charge in [0, 0.05) is 13.0 Å². The van der Waals surface area contributed by atoms with Crippen molar-refractivity contribution in [2.75, 3.05) is 7.11 Å². The van der Waals surface area contributed by atoms with Gasteiger partial charge in [0.2, 0.25) is 0 Å². The smallest absolute Gasteiger partial charge is 0.331 e. The average Bonchev–Trinajstić information content (AvgIpc) is 2.61. The standard InChI is InChI=1S/C18H22O9/c1-9-15(22)16(26-10(2)19)17(18(23)25-9)27-14(21)7-5-11-4-6-12(20)13(8-11)24-3/h4-9,15-18,20,22-23H,1-3H3. The summed E-state index contributed by atoms with van der Waals surface area (Å²) in [5.74, 6) is -1.37. The van der Waals surface area contributed by atoms with Crippen LogP contribution in [0.25, 0.3) is 6.08 Å². The number of carbonyl (C=O) groups excluding carboxylic acids is 2. The molecule has 27 heavy (non-hydrogen) atoms. The van der Waals surface area contributed by atoms with Crippen LogP contribution < -0.4 is 4.74 Å². The molecular weight excluding hydrogens is 360 g/mol. The first-order chi connectivity index (χ1) is 12.7. The van der Waals surface area contributed by atoms with Crippen LogP contribution in [-0.2, 0) is 23.8 Å². The molecule has 0 aromatic heterocycles. The lowest BCUT2D eigenvalue weighted by molar-refractivity contribution is -0.284. The van der Waals surface area contributed by atoms with Crippen LogP contribution in [0.3, 0.4) is 0 Å². The molecule has 9 nitrogen and oxygen atoms in total. The maximum Gasteiger partial charge on any atom is 0.331 e. The van der Waals surface area contributed by atoms with E-state index < -0.39 is 42.6 Å². The van der Waals surface area contributed by atoms with Gasteiger partial charge in [-0.3, -0.25) is 4.79 Å².